The molecule has 1 aromatic carbocycles. The van der Waals surface area contributed by atoms with Crippen LogP contribution in [0.2, 0.25) is 0 Å². The van der Waals surface area contributed by atoms with Crippen LogP contribution in [0.25, 0.3) is 10.9 Å². The first kappa shape index (κ1) is 14.8. The topological polar surface area (TPSA) is 74.4 Å². The predicted octanol–water partition coefficient (Wildman–Crippen LogP) is 2.77. The van der Waals surface area contributed by atoms with Crippen molar-refractivity contribution < 1.29 is 14.3 Å². The first-order chi connectivity index (χ1) is 10.7. The van der Waals surface area contributed by atoms with Crippen LogP contribution in [0.3, 0.4) is 0 Å². The highest BCUT2D eigenvalue weighted by Gasteiger charge is 2.26. The Labute approximate surface area is 129 Å². The lowest BCUT2D eigenvalue weighted by atomic mass is 9.90. The highest BCUT2D eigenvalue weighted by atomic mass is 16.6. The van der Waals surface area contributed by atoms with E-state index >= 15 is 0 Å². The maximum Gasteiger partial charge on any atom is 0.332 e. The van der Waals surface area contributed by atoms with Gasteiger partial charge in [-0.25, -0.2) is 4.79 Å². The summed E-state index contributed by atoms with van der Waals surface area (Å²) in [6.45, 7) is 2.09. The molecule has 1 aliphatic carbocycles. The Balaban J connectivity index is 1.92. The number of fused-ring (bicyclic) bond motifs is 2. The van der Waals surface area contributed by atoms with Crippen molar-refractivity contribution in [2.24, 2.45) is 0 Å². The molecule has 0 fully saturated rings. The number of ether oxygens (including phenoxy) is 2. The van der Waals surface area contributed by atoms with Crippen molar-refractivity contribution in [3.05, 3.63) is 35.5 Å². The smallest absolute Gasteiger partial charge is 0.332 e. The highest BCUT2D eigenvalue weighted by molar-refractivity contribution is 5.92. The molecular formula is C17H20N2O3. The Hall–Kier alpha value is -2.14. The van der Waals surface area contributed by atoms with Crippen molar-refractivity contribution in [1.82, 2.24) is 4.98 Å². The van der Waals surface area contributed by atoms with Crippen molar-refractivity contribution in [3.8, 4) is 0 Å². The molecule has 0 amide bonds. The molecule has 1 unspecified atom stereocenters. The molecular weight excluding hydrogens is 280 g/mol. The summed E-state index contributed by atoms with van der Waals surface area (Å²) in [6, 6.07) is 7.84. The second-order valence-electron chi connectivity index (χ2n) is 5.40. The van der Waals surface area contributed by atoms with Crippen LogP contribution >= 0.6 is 0 Å². The zero-order valence-electron chi connectivity index (χ0n) is 12.7. The third-order valence-electron chi connectivity index (χ3n) is 3.96. The molecule has 2 aromatic rings. The molecule has 1 heterocycles. The largest absolute Gasteiger partial charge is 0.464 e. The number of carbonyl (C=O) groups is 1. The van der Waals surface area contributed by atoms with Gasteiger partial charge in [0.1, 0.15) is 6.61 Å². The first-order valence-electron chi connectivity index (χ1n) is 7.65. The number of benzene rings is 1. The second-order valence-corrected chi connectivity index (χ2v) is 5.40. The molecule has 2 N–H and O–H groups in total. The van der Waals surface area contributed by atoms with Gasteiger partial charge in [0.2, 0.25) is 0 Å². The van der Waals surface area contributed by atoms with E-state index in [4.69, 9.17) is 20.2 Å². The monoisotopic (exact) mass is 300 g/mol. The van der Waals surface area contributed by atoms with Crippen LogP contribution < -0.4 is 5.73 Å². The number of aryl methyl sites for hydroxylation is 1. The lowest BCUT2D eigenvalue weighted by molar-refractivity contribution is -0.151. The number of pyridine rings is 1. The van der Waals surface area contributed by atoms with E-state index in [0.717, 1.165) is 41.4 Å². The fourth-order valence-corrected chi connectivity index (χ4v) is 2.99. The van der Waals surface area contributed by atoms with Gasteiger partial charge in [-0.3, -0.25) is 4.98 Å². The third kappa shape index (κ3) is 2.76. The summed E-state index contributed by atoms with van der Waals surface area (Å²) < 4.78 is 10.7. The quantitative estimate of drug-likeness (QED) is 0.879. The van der Waals surface area contributed by atoms with E-state index in [1.165, 1.54) is 0 Å². The van der Waals surface area contributed by atoms with Crippen LogP contribution in [0.15, 0.2) is 24.3 Å². The molecule has 0 spiro atoms. The van der Waals surface area contributed by atoms with Gasteiger partial charge >= 0.3 is 5.97 Å². The summed E-state index contributed by atoms with van der Waals surface area (Å²) in [5, 5.41) is 0.938. The van der Waals surface area contributed by atoms with Crippen LogP contribution in [0, 0.1) is 0 Å². The minimum Gasteiger partial charge on any atom is -0.464 e. The first-order valence-corrected chi connectivity index (χ1v) is 7.65. The summed E-state index contributed by atoms with van der Waals surface area (Å²) >= 11 is 0. The van der Waals surface area contributed by atoms with Crippen molar-refractivity contribution in [1.29, 1.82) is 0 Å². The Bertz CT molecular complexity index is 700. The van der Waals surface area contributed by atoms with E-state index in [2.05, 4.69) is 0 Å². The molecule has 116 valence electrons. The number of hydrogen-bond acceptors (Lipinski definition) is 5. The highest BCUT2D eigenvalue weighted by Crippen LogP contribution is 2.38. The second kappa shape index (κ2) is 6.32. The van der Waals surface area contributed by atoms with Crippen molar-refractivity contribution >= 4 is 22.6 Å². The molecule has 5 heteroatoms. The number of nitrogen functional groups attached to an aromatic ring is 1. The standard InChI is InChI=1S/C17H20N2O3/c1-2-21-15(20)10-22-14-9-5-8-13-16(14)17(18)11-6-3-4-7-12(11)19-13/h3-4,6-7,14H,2,5,8-10H2,1H3,(H2,18,19). The van der Waals surface area contributed by atoms with E-state index in [1.54, 1.807) is 6.92 Å². The number of nitrogens with zero attached hydrogens (tertiary/aromatic N) is 1. The average Bonchev–Trinajstić information content (AvgIpc) is 2.53. The fourth-order valence-electron chi connectivity index (χ4n) is 2.99. The van der Waals surface area contributed by atoms with Gasteiger partial charge in [0.25, 0.3) is 0 Å². The van der Waals surface area contributed by atoms with Gasteiger partial charge in [0.15, 0.2) is 0 Å². The Morgan fingerprint density at radius 2 is 2.23 bits per heavy atom. The number of anilines is 1. The number of para-hydroxylation sites is 1. The van der Waals surface area contributed by atoms with Crippen LogP contribution in [-0.2, 0) is 20.7 Å². The molecule has 0 bridgehead atoms. The molecule has 1 aliphatic rings. The minimum atomic E-state index is -0.345. The van der Waals surface area contributed by atoms with E-state index in [9.17, 15) is 4.79 Å². The van der Waals surface area contributed by atoms with Gasteiger partial charge in [-0.1, -0.05) is 18.2 Å². The van der Waals surface area contributed by atoms with E-state index in [-0.39, 0.29) is 18.7 Å². The summed E-state index contributed by atoms with van der Waals surface area (Å²) in [5.41, 5.74) is 9.90. The Kier molecular flexibility index (Phi) is 4.24. The molecule has 0 radical (unpaired) electrons. The SMILES string of the molecule is CCOC(=O)COC1CCCc2nc3ccccc3c(N)c21. The van der Waals surface area contributed by atoms with Crippen LogP contribution in [0.1, 0.15) is 37.1 Å². The van der Waals surface area contributed by atoms with Gasteiger partial charge in [-0.2, -0.15) is 0 Å². The number of esters is 1. The molecule has 3 rings (SSSR count). The number of carbonyl (C=O) groups excluding carboxylic acids is 1. The maximum atomic E-state index is 11.5. The van der Waals surface area contributed by atoms with E-state index in [1.807, 2.05) is 24.3 Å². The number of rotatable bonds is 4. The normalized spacial score (nSPS) is 17.2. The minimum absolute atomic E-state index is 0.0514. The molecule has 5 nitrogen and oxygen atoms in total. The van der Waals surface area contributed by atoms with Crippen LogP contribution in [-0.4, -0.2) is 24.2 Å². The van der Waals surface area contributed by atoms with Crippen molar-refractivity contribution in [2.45, 2.75) is 32.3 Å². The van der Waals surface area contributed by atoms with Gasteiger partial charge < -0.3 is 15.2 Å². The maximum absolute atomic E-state index is 11.5. The summed E-state index contributed by atoms with van der Waals surface area (Å²) in [5.74, 6) is -0.345. The summed E-state index contributed by atoms with van der Waals surface area (Å²) in [4.78, 5) is 16.2. The van der Waals surface area contributed by atoms with Gasteiger partial charge in [0, 0.05) is 22.3 Å². The number of nitrogens with two attached hydrogens (primary N) is 1. The van der Waals surface area contributed by atoms with Gasteiger partial charge in [-0.15, -0.1) is 0 Å². The van der Waals surface area contributed by atoms with Crippen molar-refractivity contribution in [2.75, 3.05) is 18.9 Å². The van der Waals surface area contributed by atoms with E-state index < -0.39 is 0 Å². The van der Waals surface area contributed by atoms with Crippen LogP contribution in [0.4, 0.5) is 5.69 Å². The van der Waals surface area contributed by atoms with Gasteiger partial charge in [-0.05, 0) is 32.3 Å². The molecule has 0 saturated heterocycles. The molecule has 1 atom stereocenters. The molecule has 0 saturated carbocycles. The zero-order valence-corrected chi connectivity index (χ0v) is 12.7. The molecule has 0 aliphatic heterocycles. The zero-order chi connectivity index (χ0) is 15.5. The van der Waals surface area contributed by atoms with E-state index in [0.29, 0.717) is 12.3 Å². The lowest BCUT2D eigenvalue weighted by Gasteiger charge is -2.27. The Morgan fingerprint density at radius 1 is 1.41 bits per heavy atom. The fraction of sp³-hybridized carbons (Fsp3) is 0.412. The Morgan fingerprint density at radius 3 is 3.05 bits per heavy atom. The summed E-state index contributed by atoms with van der Waals surface area (Å²) in [6.07, 6.45) is 2.52. The number of hydrogen-bond donors (Lipinski definition) is 1. The molecule has 22 heavy (non-hydrogen) atoms. The average molecular weight is 300 g/mol. The predicted molar refractivity (Wildman–Crippen MR) is 84.4 cm³/mol. The lowest BCUT2D eigenvalue weighted by Crippen LogP contribution is -2.21. The number of aromatic nitrogens is 1. The van der Waals surface area contributed by atoms with Crippen molar-refractivity contribution in [3.63, 3.8) is 0 Å². The van der Waals surface area contributed by atoms with Crippen LogP contribution in [0.5, 0.6) is 0 Å². The molecule has 1 aromatic heterocycles. The third-order valence-corrected chi connectivity index (χ3v) is 3.96. The van der Waals surface area contributed by atoms with Gasteiger partial charge in [0.05, 0.1) is 18.2 Å². The summed E-state index contributed by atoms with van der Waals surface area (Å²) in [7, 11) is 0.